The minimum atomic E-state index is -0.777. The molecule has 1 aromatic heterocycles. The molecule has 1 saturated heterocycles. The Hall–Kier alpha value is -4.13. The van der Waals surface area contributed by atoms with E-state index in [1.807, 2.05) is 13.0 Å². The summed E-state index contributed by atoms with van der Waals surface area (Å²) >= 11 is 0. The number of likely N-dealkylation sites (tertiary alicyclic amines) is 1. The van der Waals surface area contributed by atoms with Crippen molar-refractivity contribution in [3.63, 3.8) is 0 Å². The fraction of sp³-hybridized carbons (Fsp3) is 0.192. The van der Waals surface area contributed by atoms with Gasteiger partial charge in [-0.3, -0.25) is 14.6 Å². The first kappa shape index (κ1) is 22.1. The number of carbonyl (C=O) groups is 2. The quantitative estimate of drug-likeness (QED) is 0.351. The van der Waals surface area contributed by atoms with Crippen LogP contribution in [0.3, 0.4) is 0 Å². The average Bonchev–Trinajstić information content (AvgIpc) is 3.09. The van der Waals surface area contributed by atoms with Crippen molar-refractivity contribution in [2.75, 3.05) is 14.2 Å². The summed E-state index contributed by atoms with van der Waals surface area (Å²) in [7, 11) is 3.13. The summed E-state index contributed by atoms with van der Waals surface area (Å²) in [6.45, 7) is 1.97. The van der Waals surface area contributed by atoms with E-state index in [1.165, 1.54) is 4.90 Å². The van der Waals surface area contributed by atoms with Crippen LogP contribution in [0.25, 0.3) is 5.76 Å². The van der Waals surface area contributed by atoms with Gasteiger partial charge in [-0.15, -0.1) is 0 Å². The number of methoxy groups -OCH3 is 2. The van der Waals surface area contributed by atoms with Gasteiger partial charge in [-0.25, -0.2) is 0 Å². The van der Waals surface area contributed by atoms with Crippen molar-refractivity contribution in [2.45, 2.75) is 19.5 Å². The Balaban J connectivity index is 1.85. The monoisotopic (exact) mass is 444 g/mol. The van der Waals surface area contributed by atoms with Gasteiger partial charge in [0.1, 0.15) is 17.3 Å². The van der Waals surface area contributed by atoms with Crippen molar-refractivity contribution >= 4 is 17.4 Å². The van der Waals surface area contributed by atoms with Gasteiger partial charge >= 0.3 is 0 Å². The predicted octanol–water partition coefficient (Wildman–Crippen LogP) is 4.03. The molecule has 0 radical (unpaired) electrons. The number of amides is 1. The molecule has 33 heavy (non-hydrogen) atoms. The number of benzene rings is 2. The van der Waals surface area contributed by atoms with E-state index >= 15 is 0 Å². The fourth-order valence-electron chi connectivity index (χ4n) is 4.02. The van der Waals surface area contributed by atoms with Crippen molar-refractivity contribution in [3.8, 4) is 11.5 Å². The topological polar surface area (TPSA) is 89.0 Å². The molecule has 168 valence electrons. The number of aliphatic hydroxyl groups is 1. The zero-order chi connectivity index (χ0) is 23.5. The molecule has 1 aliphatic rings. The molecule has 0 saturated carbocycles. The lowest BCUT2D eigenvalue weighted by molar-refractivity contribution is -0.140. The highest BCUT2D eigenvalue weighted by atomic mass is 16.5. The Morgan fingerprint density at radius 3 is 2.39 bits per heavy atom. The fourth-order valence-corrected chi connectivity index (χ4v) is 4.02. The summed E-state index contributed by atoms with van der Waals surface area (Å²) in [5.41, 5.74) is 2.58. The first-order valence-corrected chi connectivity index (χ1v) is 10.4. The molecule has 1 atom stereocenters. The van der Waals surface area contributed by atoms with Gasteiger partial charge in [0.25, 0.3) is 11.7 Å². The van der Waals surface area contributed by atoms with E-state index < -0.39 is 17.7 Å². The number of pyridine rings is 1. The maximum Gasteiger partial charge on any atom is 0.296 e. The van der Waals surface area contributed by atoms with Crippen molar-refractivity contribution in [2.24, 2.45) is 0 Å². The highest BCUT2D eigenvalue weighted by molar-refractivity contribution is 6.46. The van der Waals surface area contributed by atoms with Crippen LogP contribution >= 0.6 is 0 Å². The SMILES string of the molecule is COc1ccc(C2/C(=C(/O)c3ccc(OC)c(C)c3)C(=O)C(=O)N2Cc2ccccn2)cc1. The van der Waals surface area contributed by atoms with Crippen LogP contribution in [0.4, 0.5) is 0 Å². The number of aryl methyl sites for hydroxylation is 1. The summed E-state index contributed by atoms with van der Waals surface area (Å²) in [5, 5.41) is 11.2. The van der Waals surface area contributed by atoms with Crippen molar-refractivity contribution in [3.05, 3.63) is 94.8 Å². The van der Waals surface area contributed by atoms with Crippen LogP contribution in [0.5, 0.6) is 11.5 Å². The van der Waals surface area contributed by atoms with E-state index in [0.29, 0.717) is 28.3 Å². The molecule has 7 nitrogen and oxygen atoms in total. The molecule has 2 aromatic carbocycles. The first-order chi connectivity index (χ1) is 15.9. The number of nitrogens with zero attached hydrogens (tertiary/aromatic N) is 2. The molecule has 1 unspecified atom stereocenters. The van der Waals surface area contributed by atoms with Crippen LogP contribution in [0, 0.1) is 6.92 Å². The average molecular weight is 444 g/mol. The van der Waals surface area contributed by atoms with E-state index in [9.17, 15) is 14.7 Å². The second kappa shape index (κ2) is 9.16. The van der Waals surface area contributed by atoms with Crippen molar-refractivity contribution < 1.29 is 24.2 Å². The second-order valence-electron chi connectivity index (χ2n) is 7.71. The molecule has 0 bridgehead atoms. The third-order valence-electron chi connectivity index (χ3n) is 5.70. The Morgan fingerprint density at radius 2 is 1.79 bits per heavy atom. The van der Waals surface area contributed by atoms with Gasteiger partial charge in [-0.1, -0.05) is 18.2 Å². The maximum absolute atomic E-state index is 13.2. The van der Waals surface area contributed by atoms with E-state index in [2.05, 4.69) is 4.98 Å². The normalized spacial score (nSPS) is 17.3. The van der Waals surface area contributed by atoms with E-state index in [0.717, 1.165) is 5.56 Å². The van der Waals surface area contributed by atoms with Crippen LogP contribution in [-0.2, 0) is 16.1 Å². The number of ether oxygens (including phenoxy) is 2. The summed E-state index contributed by atoms with van der Waals surface area (Å²) in [6, 6.07) is 16.8. The molecular formula is C26H24N2O5. The molecule has 2 heterocycles. The summed E-state index contributed by atoms with van der Waals surface area (Å²) in [6.07, 6.45) is 1.63. The number of aliphatic hydroxyl groups excluding tert-OH is 1. The predicted molar refractivity (Wildman–Crippen MR) is 123 cm³/mol. The Morgan fingerprint density at radius 1 is 1.03 bits per heavy atom. The largest absolute Gasteiger partial charge is 0.507 e. The molecule has 1 amide bonds. The number of hydrogen-bond donors (Lipinski definition) is 1. The molecule has 0 aliphatic carbocycles. The van der Waals surface area contributed by atoms with Gasteiger partial charge in [0.15, 0.2) is 0 Å². The van der Waals surface area contributed by atoms with Crippen LogP contribution in [0.2, 0.25) is 0 Å². The van der Waals surface area contributed by atoms with Crippen molar-refractivity contribution in [1.29, 1.82) is 0 Å². The lowest BCUT2D eigenvalue weighted by Gasteiger charge is -2.25. The molecule has 4 rings (SSSR count). The van der Waals surface area contributed by atoms with Crippen molar-refractivity contribution in [1.82, 2.24) is 9.88 Å². The van der Waals surface area contributed by atoms with Crippen LogP contribution in [-0.4, -0.2) is 40.9 Å². The van der Waals surface area contributed by atoms with Gasteiger partial charge in [-0.05, 0) is 60.5 Å². The molecular weight excluding hydrogens is 420 g/mol. The van der Waals surface area contributed by atoms with Crippen LogP contribution < -0.4 is 9.47 Å². The molecule has 0 spiro atoms. The van der Waals surface area contributed by atoms with Gasteiger partial charge in [0, 0.05) is 11.8 Å². The van der Waals surface area contributed by atoms with Gasteiger partial charge in [-0.2, -0.15) is 0 Å². The highest BCUT2D eigenvalue weighted by Crippen LogP contribution is 2.41. The number of carbonyl (C=O) groups excluding carboxylic acids is 2. The molecule has 1 aliphatic heterocycles. The van der Waals surface area contributed by atoms with Gasteiger partial charge in [0.2, 0.25) is 0 Å². The second-order valence-corrected chi connectivity index (χ2v) is 7.71. The summed E-state index contributed by atoms with van der Waals surface area (Å²) in [5.74, 6) is -0.352. The number of rotatable bonds is 6. The molecule has 3 aromatic rings. The number of ketones is 1. The Labute approximate surface area is 191 Å². The maximum atomic E-state index is 13.2. The number of hydrogen-bond acceptors (Lipinski definition) is 6. The zero-order valence-electron chi connectivity index (χ0n) is 18.6. The number of aromatic nitrogens is 1. The standard InChI is InChI=1S/C26H24N2O5/c1-16-14-18(9-12-21(16)33-3)24(29)22-23(17-7-10-20(32-2)11-8-17)28(26(31)25(22)30)15-19-6-4-5-13-27-19/h4-14,23,29H,15H2,1-3H3/b24-22-. The third kappa shape index (κ3) is 4.17. The molecule has 1 N–H and O–H groups in total. The highest BCUT2D eigenvalue weighted by Gasteiger charge is 2.46. The Kier molecular flexibility index (Phi) is 6.13. The summed E-state index contributed by atoms with van der Waals surface area (Å²) in [4.78, 5) is 32.0. The van der Waals surface area contributed by atoms with Gasteiger partial charge < -0.3 is 19.5 Å². The Bertz CT molecular complexity index is 1220. The smallest absolute Gasteiger partial charge is 0.296 e. The van der Waals surface area contributed by atoms with Gasteiger partial charge in [0.05, 0.1) is 38.1 Å². The van der Waals surface area contributed by atoms with Crippen LogP contribution in [0.15, 0.2) is 72.4 Å². The van der Waals surface area contributed by atoms with E-state index in [1.54, 1.807) is 75.0 Å². The van der Waals surface area contributed by atoms with E-state index in [-0.39, 0.29) is 17.9 Å². The lowest BCUT2D eigenvalue weighted by atomic mass is 9.94. The lowest BCUT2D eigenvalue weighted by Crippen LogP contribution is -2.29. The molecule has 1 fully saturated rings. The molecule has 7 heteroatoms. The third-order valence-corrected chi connectivity index (χ3v) is 5.70. The minimum Gasteiger partial charge on any atom is -0.507 e. The van der Waals surface area contributed by atoms with E-state index in [4.69, 9.17) is 9.47 Å². The minimum absolute atomic E-state index is 0.0330. The van der Waals surface area contributed by atoms with Crippen LogP contribution in [0.1, 0.15) is 28.4 Å². The zero-order valence-corrected chi connectivity index (χ0v) is 18.6. The number of Topliss-reactive ketones (excluding diaryl/α,β-unsaturated/α-hetero) is 1. The summed E-state index contributed by atoms with van der Waals surface area (Å²) < 4.78 is 10.5. The first-order valence-electron chi connectivity index (χ1n) is 10.4.